The summed E-state index contributed by atoms with van der Waals surface area (Å²) in [6.45, 7) is 2.77. The van der Waals surface area contributed by atoms with Crippen LogP contribution < -0.4 is 10.9 Å². The van der Waals surface area contributed by atoms with Crippen molar-refractivity contribution >= 4 is 11.9 Å². The molecule has 0 amide bonds. The van der Waals surface area contributed by atoms with Gasteiger partial charge in [-0.2, -0.15) is 0 Å². The summed E-state index contributed by atoms with van der Waals surface area (Å²) in [5.41, 5.74) is 5.42. The third-order valence-corrected chi connectivity index (χ3v) is 2.13. The van der Waals surface area contributed by atoms with Crippen molar-refractivity contribution in [1.82, 2.24) is 10.9 Å². The Kier molecular flexibility index (Phi) is 8.46. The molecule has 16 heavy (non-hydrogen) atoms. The second-order valence-corrected chi connectivity index (χ2v) is 3.60. The first kappa shape index (κ1) is 14.9. The number of nitrogens with one attached hydrogen (secondary N) is 2. The van der Waals surface area contributed by atoms with Crippen LogP contribution in [-0.4, -0.2) is 34.7 Å². The standard InChI is InChI=1S/C10H20N2O4/c1-2-3-4-7-11-12-8(10(15)16)5-6-9(13)14/h8,11-12H,2-7H2,1H3,(H,13,14)(H,15,16)/t8-/m0/s1. The van der Waals surface area contributed by atoms with E-state index in [1.54, 1.807) is 0 Å². The Morgan fingerprint density at radius 1 is 1.25 bits per heavy atom. The van der Waals surface area contributed by atoms with Crippen molar-refractivity contribution in [2.24, 2.45) is 0 Å². The Morgan fingerprint density at radius 2 is 1.94 bits per heavy atom. The SMILES string of the molecule is CCCCCNN[C@@H](CCC(=O)O)C(=O)O. The molecule has 1 atom stereocenters. The van der Waals surface area contributed by atoms with E-state index in [-0.39, 0.29) is 12.8 Å². The van der Waals surface area contributed by atoms with Crippen molar-refractivity contribution in [3.05, 3.63) is 0 Å². The Morgan fingerprint density at radius 3 is 2.44 bits per heavy atom. The third-order valence-electron chi connectivity index (χ3n) is 2.13. The number of carbonyl (C=O) groups is 2. The van der Waals surface area contributed by atoms with Gasteiger partial charge in [-0.15, -0.1) is 0 Å². The first-order valence-corrected chi connectivity index (χ1v) is 5.51. The Bertz CT molecular complexity index is 221. The molecule has 0 radical (unpaired) electrons. The van der Waals surface area contributed by atoms with Gasteiger partial charge in [0.05, 0.1) is 0 Å². The first-order valence-electron chi connectivity index (χ1n) is 5.51. The summed E-state index contributed by atoms with van der Waals surface area (Å²) in [5, 5.41) is 17.2. The van der Waals surface area contributed by atoms with E-state index in [2.05, 4.69) is 17.8 Å². The fourth-order valence-electron chi connectivity index (χ4n) is 1.18. The minimum atomic E-state index is -1.04. The minimum Gasteiger partial charge on any atom is -0.481 e. The van der Waals surface area contributed by atoms with Crippen LogP contribution in [0.2, 0.25) is 0 Å². The first-order chi connectivity index (χ1) is 7.57. The number of hydrogen-bond acceptors (Lipinski definition) is 4. The number of carboxylic acids is 2. The number of rotatable bonds is 10. The number of hydrogen-bond donors (Lipinski definition) is 4. The highest BCUT2D eigenvalue weighted by molar-refractivity contribution is 5.74. The predicted octanol–water partition coefficient (Wildman–Crippen LogP) is 0.589. The molecular weight excluding hydrogens is 212 g/mol. The second kappa shape index (κ2) is 9.11. The summed E-state index contributed by atoms with van der Waals surface area (Å²) in [6.07, 6.45) is 3.07. The minimum absolute atomic E-state index is 0.0748. The lowest BCUT2D eigenvalue weighted by molar-refractivity contribution is -0.141. The number of hydrazine groups is 1. The Balaban J connectivity index is 3.68. The van der Waals surface area contributed by atoms with Crippen molar-refractivity contribution in [2.45, 2.75) is 45.1 Å². The van der Waals surface area contributed by atoms with Gasteiger partial charge in [-0.1, -0.05) is 19.8 Å². The molecule has 0 heterocycles. The van der Waals surface area contributed by atoms with E-state index in [1.807, 2.05) is 0 Å². The van der Waals surface area contributed by atoms with Gasteiger partial charge >= 0.3 is 11.9 Å². The van der Waals surface area contributed by atoms with E-state index in [9.17, 15) is 9.59 Å². The van der Waals surface area contributed by atoms with Crippen LogP contribution >= 0.6 is 0 Å². The molecule has 0 aliphatic heterocycles. The molecule has 0 bridgehead atoms. The second-order valence-electron chi connectivity index (χ2n) is 3.60. The van der Waals surface area contributed by atoms with Gasteiger partial charge in [0.15, 0.2) is 0 Å². The molecule has 4 N–H and O–H groups in total. The summed E-state index contributed by atoms with van der Waals surface area (Å²) >= 11 is 0. The molecule has 0 aromatic heterocycles. The summed E-state index contributed by atoms with van der Waals surface area (Å²) in [6, 6.07) is -0.849. The summed E-state index contributed by atoms with van der Waals surface area (Å²) in [7, 11) is 0. The van der Waals surface area contributed by atoms with Crippen molar-refractivity contribution in [3.63, 3.8) is 0 Å². The van der Waals surface area contributed by atoms with Gasteiger partial charge < -0.3 is 10.2 Å². The zero-order valence-corrected chi connectivity index (χ0v) is 9.53. The smallest absolute Gasteiger partial charge is 0.322 e. The molecule has 0 saturated heterocycles. The third kappa shape index (κ3) is 8.19. The van der Waals surface area contributed by atoms with E-state index in [4.69, 9.17) is 10.2 Å². The van der Waals surface area contributed by atoms with Crippen LogP contribution in [0.4, 0.5) is 0 Å². The number of unbranched alkanes of at least 4 members (excludes halogenated alkanes) is 2. The van der Waals surface area contributed by atoms with E-state index < -0.39 is 18.0 Å². The average molecular weight is 232 g/mol. The van der Waals surface area contributed by atoms with Crippen LogP contribution in [0, 0.1) is 0 Å². The van der Waals surface area contributed by atoms with E-state index >= 15 is 0 Å². The lowest BCUT2D eigenvalue weighted by Crippen LogP contribution is -2.46. The maximum Gasteiger partial charge on any atom is 0.322 e. The van der Waals surface area contributed by atoms with Crippen molar-refractivity contribution in [3.8, 4) is 0 Å². The highest BCUT2D eigenvalue weighted by Gasteiger charge is 2.17. The molecule has 0 unspecified atom stereocenters. The van der Waals surface area contributed by atoms with Crippen LogP contribution in [0.15, 0.2) is 0 Å². The van der Waals surface area contributed by atoms with Crippen LogP contribution in [0.3, 0.4) is 0 Å². The van der Waals surface area contributed by atoms with Crippen molar-refractivity contribution in [2.75, 3.05) is 6.54 Å². The Hall–Kier alpha value is -1.14. The van der Waals surface area contributed by atoms with E-state index in [0.717, 1.165) is 19.3 Å². The molecule has 0 aliphatic rings. The van der Waals surface area contributed by atoms with Gasteiger partial charge in [0.2, 0.25) is 0 Å². The lowest BCUT2D eigenvalue weighted by atomic mass is 10.2. The van der Waals surface area contributed by atoms with Crippen LogP contribution in [0.25, 0.3) is 0 Å². The molecule has 0 aromatic carbocycles. The fraction of sp³-hybridized carbons (Fsp3) is 0.800. The van der Waals surface area contributed by atoms with Gasteiger partial charge in [0.1, 0.15) is 6.04 Å². The summed E-state index contributed by atoms with van der Waals surface area (Å²) < 4.78 is 0. The van der Waals surface area contributed by atoms with Crippen LogP contribution in [0.1, 0.15) is 39.0 Å². The molecule has 0 rings (SSSR count). The highest BCUT2D eigenvalue weighted by Crippen LogP contribution is 1.97. The zero-order valence-electron chi connectivity index (χ0n) is 9.53. The van der Waals surface area contributed by atoms with E-state index in [0.29, 0.717) is 6.54 Å². The van der Waals surface area contributed by atoms with Gasteiger partial charge in [0.25, 0.3) is 0 Å². The highest BCUT2D eigenvalue weighted by atomic mass is 16.4. The van der Waals surface area contributed by atoms with Crippen molar-refractivity contribution in [1.29, 1.82) is 0 Å². The zero-order chi connectivity index (χ0) is 12.4. The number of carboxylic acid groups (broad SMARTS) is 2. The predicted molar refractivity (Wildman–Crippen MR) is 59.0 cm³/mol. The molecule has 6 heteroatoms. The monoisotopic (exact) mass is 232 g/mol. The molecule has 6 nitrogen and oxygen atoms in total. The molecule has 94 valence electrons. The normalized spacial score (nSPS) is 12.3. The van der Waals surface area contributed by atoms with Gasteiger partial charge in [0, 0.05) is 13.0 Å². The van der Waals surface area contributed by atoms with Crippen LogP contribution in [-0.2, 0) is 9.59 Å². The quantitative estimate of drug-likeness (QED) is 0.325. The Labute approximate surface area is 95.0 Å². The van der Waals surface area contributed by atoms with Gasteiger partial charge in [-0.05, 0) is 12.8 Å². The maximum atomic E-state index is 10.7. The molecule has 0 fully saturated rings. The maximum absolute atomic E-state index is 10.7. The molecular formula is C10H20N2O4. The van der Waals surface area contributed by atoms with Gasteiger partial charge in [-0.3, -0.25) is 15.0 Å². The van der Waals surface area contributed by atoms with E-state index in [1.165, 1.54) is 0 Å². The number of aliphatic carboxylic acids is 2. The fourth-order valence-corrected chi connectivity index (χ4v) is 1.18. The topological polar surface area (TPSA) is 98.7 Å². The average Bonchev–Trinajstić information content (AvgIpc) is 2.21. The molecule has 0 spiro atoms. The largest absolute Gasteiger partial charge is 0.481 e. The summed E-state index contributed by atoms with van der Waals surface area (Å²) in [5.74, 6) is -2.02. The summed E-state index contributed by atoms with van der Waals surface area (Å²) in [4.78, 5) is 21.0. The molecule has 0 aliphatic carbocycles. The van der Waals surface area contributed by atoms with Crippen LogP contribution in [0.5, 0.6) is 0 Å². The lowest BCUT2D eigenvalue weighted by Gasteiger charge is -2.14. The van der Waals surface area contributed by atoms with Crippen molar-refractivity contribution < 1.29 is 19.8 Å². The molecule has 0 aromatic rings. The van der Waals surface area contributed by atoms with Gasteiger partial charge in [-0.25, -0.2) is 5.43 Å². The molecule has 0 saturated carbocycles.